The first kappa shape index (κ1) is 13.5. The van der Waals surface area contributed by atoms with E-state index in [0.29, 0.717) is 5.92 Å². The minimum absolute atomic E-state index is 0.00943. The van der Waals surface area contributed by atoms with Crippen molar-refractivity contribution in [1.82, 2.24) is 4.98 Å². The van der Waals surface area contributed by atoms with Gasteiger partial charge in [0, 0.05) is 0 Å². The van der Waals surface area contributed by atoms with Crippen LogP contribution in [0.15, 0.2) is 8.13 Å². The van der Waals surface area contributed by atoms with Crippen LogP contribution in [-0.4, -0.2) is 13.4 Å². The molecule has 17 heavy (non-hydrogen) atoms. The molecule has 1 fully saturated rings. The van der Waals surface area contributed by atoms with E-state index in [2.05, 4.69) is 20.9 Å². The lowest BCUT2D eigenvalue weighted by Gasteiger charge is -2.20. The normalized spacial score (nSPS) is 18.5. The number of hydrogen-bond donors (Lipinski definition) is 1. The molecule has 1 heterocycles. The van der Waals surface area contributed by atoms with Crippen LogP contribution in [0, 0.1) is 5.92 Å². The maximum Gasteiger partial charge on any atom is 0.265 e. The average Bonchev–Trinajstić information content (AvgIpc) is 2.62. The summed E-state index contributed by atoms with van der Waals surface area (Å²) in [4.78, 5) is 4.13. The molecule has 1 aromatic rings. The van der Waals surface area contributed by atoms with Gasteiger partial charge in [-0.05, 0) is 28.3 Å². The molecule has 2 rings (SSSR count). The standard InChI is InChI=1S/C10H15BrN2O2S2/c11-9-8(6-7-4-2-1-3-5-7)13-10(16-9)17(12,14)15/h7H,1-6H2,(H2,12,14,15). The fraction of sp³-hybridized carbons (Fsp3) is 0.700. The first-order chi connectivity index (χ1) is 7.97. The number of thiazole rings is 1. The predicted octanol–water partition coefficient (Wildman–Crippen LogP) is 2.68. The number of primary sulfonamides is 1. The molecule has 0 unspecified atom stereocenters. The van der Waals surface area contributed by atoms with Crippen molar-refractivity contribution in [3.8, 4) is 0 Å². The molecule has 1 aliphatic rings. The summed E-state index contributed by atoms with van der Waals surface area (Å²) in [6.07, 6.45) is 7.15. The van der Waals surface area contributed by atoms with Crippen molar-refractivity contribution in [3.63, 3.8) is 0 Å². The fourth-order valence-corrected chi connectivity index (χ4v) is 4.76. The van der Waals surface area contributed by atoms with Crippen molar-refractivity contribution in [3.05, 3.63) is 9.48 Å². The molecule has 7 heteroatoms. The second-order valence-corrected chi connectivity index (χ2v) is 8.51. The van der Waals surface area contributed by atoms with E-state index in [1.165, 1.54) is 32.1 Å². The Morgan fingerprint density at radius 2 is 2.00 bits per heavy atom. The quantitative estimate of drug-likeness (QED) is 0.920. The van der Waals surface area contributed by atoms with Gasteiger partial charge in [0.1, 0.15) is 0 Å². The number of sulfonamides is 1. The summed E-state index contributed by atoms with van der Waals surface area (Å²) in [6.45, 7) is 0. The monoisotopic (exact) mass is 338 g/mol. The lowest BCUT2D eigenvalue weighted by atomic mass is 9.86. The fourth-order valence-electron chi connectivity index (χ4n) is 2.22. The highest BCUT2D eigenvalue weighted by Crippen LogP contribution is 2.32. The molecule has 0 bridgehead atoms. The highest BCUT2D eigenvalue weighted by molar-refractivity contribution is 9.11. The Morgan fingerprint density at radius 1 is 1.35 bits per heavy atom. The number of rotatable bonds is 3. The van der Waals surface area contributed by atoms with Crippen LogP contribution in [0.1, 0.15) is 37.8 Å². The van der Waals surface area contributed by atoms with Gasteiger partial charge in [0.05, 0.1) is 9.48 Å². The predicted molar refractivity (Wildman–Crippen MR) is 71.5 cm³/mol. The third-order valence-corrected chi connectivity index (χ3v) is 6.23. The summed E-state index contributed by atoms with van der Waals surface area (Å²) in [5, 5.41) is 5.07. The molecular formula is C10H15BrN2O2S2. The molecular weight excluding hydrogens is 324 g/mol. The molecule has 0 radical (unpaired) electrons. The van der Waals surface area contributed by atoms with Crippen molar-refractivity contribution in [2.45, 2.75) is 42.9 Å². The van der Waals surface area contributed by atoms with E-state index in [0.717, 1.165) is 27.2 Å². The number of nitrogens with zero attached hydrogens (tertiary/aromatic N) is 1. The van der Waals surface area contributed by atoms with Gasteiger partial charge in [0.15, 0.2) is 0 Å². The van der Waals surface area contributed by atoms with Crippen molar-refractivity contribution < 1.29 is 8.42 Å². The third kappa shape index (κ3) is 3.49. The van der Waals surface area contributed by atoms with Crippen molar-refractivity contribution in [2.24, 2.45) is 11.1 Å². The van der Waals surface area contributed by atoms with Gasteiger partial charge in [0.25, 0.3) is 10.0 Å². The van der Waals surface area contributed by atoms with Crippen LogP contribution in [0.25, 0.3) is 0 Å². The molecule has 1 aromatic heterocycles. The van der Waals surface area contributed by atoms with Gasteiger partial charge in [-0.1, -0.05) is 43.4 Å². The third-order valence-electron chi connectivity index (χ3n) is 3.08. The van der Waals surface area contributed by atoms with Crippen LogP contribution in [0.5, 0.6) is 0 Å². The SMILES string of the molecule is NS(=O)(=O)c1nc(CC2CCCCC2)c(Br)s1. The minimum atomic E-state index is -3.67. The second kappa shape index (κ2) is 5.34. The molecule has 1 saturated carbocycles. The number of aromatic nitrogens is 1. The Balaban J connectivity index is 2.13. The van der Waals surface area contributed by atoms with Gasteiger partial charge in [-0.25, -0.2) is 18.5 Å². The first-order valence-electron chi connectivity index (χ1n) is 5.65. The van der Waals surface area contributed by atoms with Crippen molar-refractivity contribution >= 4 is 37.3 Å². The molecule has 2 N–H and O–H groups in total. The molecule has 1 aliphatic carbocycles. The van der Waals surface area contributed by atoms with Gasteiger partial charge in [-0.15, -0.1) is 0 Å². The number of hydrogen-bond acceptors (Lipinski definition) is 4. The molecule has 96 valence electrons. The second-order valence-electron chi connectivity index (χ2n) is 4.45. The molecule has 0 saturated heterocycles. The zero-order valence-corrected chi connectivity index (χ0v) is 12.6. The first-order valence-corrected chi connectivity index (χ1v) is 8.80. The van der Waals surface area contributed by atoms with Gasteiger partial charge < -0.3 is 0 Å². The Kier molecular flexibility index (Phi) is 4.22. The summed E-state index contributed by atoms with van der Waals surface area (Å²) < 4.78 is 23.2. The smallest absolute Gasteiger partial charge is 0.228 e. The summed E-state index contributed by atoms with van der Waals surface area (Å²) in [5.74, 6) is 0.635. The van der Waals surface area contributed by atoms with Crippen LogP contribution in [0.2, 0.25) is 0 Å². The zero-order chi connectivity index (χ0) is 12.5. The highest BCUT2D eigenvalue weighted by Gasteiger charge is 2.21. The molecule has 4 nitrogen and oxygen atoms in total. The van der Waals surface area contributed by atoms with E-state index in [1.807, 2.05) is 0 Å². The molecule has 0 atom stereocenters. The van der Waals surface area contributed by atoms with Crippen molar-refractivity contribution in [1.29, 1.82) is 0 Å². The van der Waals surface area contributed by atoms with E-state index in [1.54, 1.807) is 0 Å². The highest BCUT2D eigenvalue weighted by atomic mass is 79.9. The summed E-state index contributed by atoms with van der Waals surface area (Å²) in [7, 11) is -3.67. The van der Waals surface area contributed by atoms with Crippen LogP contribution in [-0.2, 0) is 16.4 Å². The van der Waals surface area contributed by atoms with Crippen LogP contribution < -0.4 is 5.14 Å². The maximum atomic E-state index is 11.2. The maximum absolute atomic E-state index is 11.2. The van der Waals surface area contributed by atoms with Gasteiger partial charge >= 0.3 is 0 Å². The lowest BCUT2D eigenvalue weighted by molar-refractivity contribution is 0.354. The van der Waals surface area contributed by atoms with Gasteiger partial charge in [-0.2, -0.15) is 0 Å². The van der Waals surface area contributed by atoms with E-state index in [9.17, 15) is 8.42 Å². The topological polar surface area (TPSA) is 73.1 Å². The van der Waals surface area contributed by atoms with E-state index in [4.69, 9.17) is 5.14 Å². The molecule has 0 aliphatic heterocycles. The largest absolute Gasteiger partial charge is 0.265 e. The summed E-state index contributed by atoms with van der Waals surface area (Å²) in [5.41, 5.74) is 0.839. The lowest BCUT2D eigenvalue weighted by Crippen LogP contribution is -2.13. The van der Waals surface area contributed by atoms with Gasteiger partial charge in [-0.3, -0.25) is 0 Å². The van der Waals surface area contributed by atoms with E-state index >= 15 is 0 Å². The molecule has 0 aromatic carbocycles. The van der Waals surface area contributed by atoms with Crippen LogP contribution in [0.4, 0.5) is 0 Å². The number of nitrogens with two attached hydrogens (primary N) is 1. The summed E-state index contributed by atoms with van der Waals surface area (Å²) in [6, 6.07) is 0. The Bertz CT molecular complexity index is 492. The van der Waals surface area contributed by atoms with Gasteiger partial charge in [0.2, 0.25) is 4.34 Å². The van der Waals surface area contributed by atoms with Crippen LogP contribution in [0.3, 0.4) is 0 Å². The zero-order valence-electron chi connectivity index (χ0n) is 9.36. The molecule has 0 spiro atoms. The van der Waals surface area contributed by atoms with Crippen LogP contribution >= 0.6 is 27.3 Å². The van der Waals surface area contributed by atoms with E-state index < -0.39 is 10.0 Å². The Hall–Kier alpha value is 0.0200. The Morgan fingerprint density at radius 3 is 2.53 bits per heavy atom. The Labute approximate surface area is 114 Å². The average molecular weight is 339 g/mol. The summed E-state index contributed by atoms with van der Waals surface area (Å²) >= 11 is 4.47. The van der Waals surface area contributed by atoms with E-state index in [-0.39, 0.29) is 4.34 Å². The minimum Gasteiger partial charge on any atom is -0.228 e. The molecule has 0 amide bonds. The number of halogens is 1. The van der Waals surface area contributed by atoms with Crippen molar-refractivity contribution in [2.75, 3.05) is 0 Å².